The van der Waals surface area contributed by atoms with Gasteiger partial charge < -0.3 is 5.32 Å². The molecule has 2 aromatic rings. The highest BCUT2D eigenvalue weighted by atomic mass is 35.5. The summed E-state index contributed by atoms with van der Waals surface area (Å²) in [6.45, 7) is 2.48. The van der Waals surface area contributed by atoms with Gasteiger partial charge in [0.25, 0.3) is 0 Å². The first-order valence-corrected chi connectivity index (χ1v) is 6.37. The van der Waals surface area contributed by atoms with E-state index >= 15 is 0 Å². The van der Waals surface area contributed by atoms with Gasteiger partial charge in [0, 0.05) is 17.6 Å². The Morgan fingerprint density at radius 3 is 2.37 bits per heavy atom. The topological polar surface area (TPSA) is 12.0 Å². The fourth-order valence-electron chi connectivity index (χ4n) is 1.79. The van der Waals surface area contributed by atoms with Crippen molar-refractivity contribution in [3.05, 3.63) is 70.2 Å². The minimum absolute atomic E-state index is 0.102. The molecule has 0 saturated heterocycles. The van der Waals surface area contributed by atoms with Crippen LogP contribution in [0.2, 0.25) is 5.02 Å². The van der Waals surface area contributed by atoms with Crippen LogP contribution in [0.5, 0.6) is 0 Å². The molecule has 0 aliphatic carbocycles. The van der Waals surface area contributed by atoms with Gasteiger partial charge in [-0.25, -0.2) is 8.78 Å². The zero-order valence-corrected chi connectivity index (χ0v) is 11.2. The van der Waals surface area contributed by atoms with Crippen LogP contribution in [0.15, 0.2) is 42.5 Å². The lowest BCUT2D eigenvalue weighted by atomic mass is 10.1. The summed E-state index contributed by atoms with van der Waals surface area (Å²) >= 11 is 5.82. The SMILES string of the molecule is C[C@H](NCc1ccc(F)c(F)c1)c1ccc(Cl)cc1. The molecule has 0 fully saturated rings. The Hall–Kier alpha value is -1.45. The molecule has 0 bridgehead atoms. The van der Waals surface area contributed by atoms with E-state index in [9.17, 15) is 8.78 Å². The predicted molar refractivity (Wildman–Crippen MR) is 73.1 cm³/mol. The van der Waals surface area contributed by atoms with E-state index < -0.39 is 11.6 Å². The molecular formula is C15H14ClF2N. The third-order valence-corrected chi connectivity index (χ3v) is 3.22. The largest absolute Gasteiger partial charge is 0.306 e. The van der Waals surface area contributed by atoms with E-state index in [-0.39, 0.29) is 6.04 Å². The molecule has 1 N–H and O–H groups in total. The van der Waals surface area contributed by atoms with Crippen LogP contribution in [0.4, 0.5) is 8.78 Å². The zero-order chi connectivity index (χ0) is 13.8. The van der Waals surface area contributed by atoms with Crippen LogP contribution in [0.3, 0.4) is 0 Å². The normalized spacial score (nSPS) is 12.4. The van der Waals surface area contributed by atoms with Gasteiger partial charge in [-0.2, -0.15) is 0 Å². The van der Waals surface area contributed by atoms with Gasteiger partial charge in [0.1, 0.15) is 0 Å². The average molecular weight is 282 g/mol. The van der Waals surface area contributed by atoms with E-state index in [1.54, 1.807) is 6.07 Å². The Morgan fingerprint density at radius 2 is 1.74 bits per heavy atom. The molecule has 0 aliphatic rings. The molecule has 0 aliphatic heterocycles. The highest BCUT2D eigenvalue weighted by molar-refractivity contribution is 6.30. The molecular weight excluding hydrogens is 268 g/mol. The Labute approximate surface area is 116 Å². The van der Waals surface area contributed by atoms with E-state index in [1.165, 1.54) is 6.07 Å². The van der Waals surface area contributed by atoms with E-state index in [2.05, 4.69) is 5.32 Å². The van der Waals surface area contributed by atoms with Gasteiger partial charge >= 0.3 is 0 Å². The van der Waals surface area contributed by atoms with Crippen molar-refractivity contribution >= 4 is 11.6 Å². The molecule has 0 heterocycles. The summed E-state index contributed by atoms with van der Waals surface area (Å²) in [6.07, 6.45) is 0. The summed E-state index contributed by atoms with van der Waals surface area (Å²) in [7, 11) is 0. The van der Waals surface area contributed by atoms with Crippen molar-refractivity contribution < 1.29 is 8.78 Å². The third kappa shape index (κ3) is 3.75. The molecule has 100 valence electrons. The number of halogens is 3. The molecule has 0 amide bonds. The number of hydrogen-bond acceptors (Lipinski definition) is 1. The molecule has 2 aromatic carbocycles. The number of hydrogen-bond donors (Lipinski definition) is 1. The Bertz CT molecular complexity index is 555. The first-order chi connectivity index (χ1) is 9.06. The van der Waals surface area contributed by atoms with Gasteiger partial charge in [-0.05, 0) is 42.3 Å². The molecule has 0 unspecified atom stereocenters. The second-order valence-corrected chi connectivity index (χ2v) is 4.84. The molecule has 0 radical (unpaired) electrons. The van der Waals surface area contributed by atoms with Gasteiger partial charge in [0.15, 0.2) is 11.6 Å². The number of nitrogens with one attached hydrogen (secondary N) is 1. The van der Waals surface area contributed by atoms with Crippen LogP contribution in [0, 0.1) is 11.6 Å². The molecule has 0 saturated carbocycles. The van der Waals surface area contributed by atoms with Crippen molar-refractivity contribution in [3.63, 3.8) is 0 Å². The maximum Gasteiger partial charge on any atom is 0.159 e. The number of benzene rings is 2. The van der Waals surface area contributed by atoms with E-state index in [0.717, 1.165) is 11.6 Å². The average Bonchev–Trinajstić information content (AvgIpc) is 2.40. The maximum atomic E-state index is 13.1. The highest BCUT2D eigenvalue weighted by Gasteiger charge is 2.06. The maximum absolute atomic E-state index is 13.1. The summed E-state index contributed by atoms with van der Waals surface area (Å²) in [5.74, 6) is -1.65. The van der Waals surface area contributed by atoms with Crippen molar-refractivity contribution in [2.75, 3.05) is 0 Å². The summed E-state index contributed by atoms with van der Waals surface area (Å²) in [5, 5.41) is 3.94. The second-order valence-electron chi connectivity index (χ2n) is 4.40. The smallest absolute Gasteiger partial charge is 0.159 e. The van der Waals surface area contributed by atoms with E-state index in [4.69, 9.17) is 11.6 Å². The molecule has 2 rings (SSSR count). The van der Waals surface area contributed by atoms with Gasteiger partial charge in [-0.1, -0.05) is 29.8 Å². The Morgan fingerprint density at radius 1 is 1.05 bits per heavy atom. The van der Waals surface area contributed by atoms with Crippen LogP contribution in [-0.2, 0) is 6.54 Å². The summed E-state index contributed by atoms with van der Waals surface area (Å²) < 4.78 is 25.8. The second kappa shape index (κ2) is 6.13. The Balaban J connectivity index is 1.98. The first kappa shape index (κ1) is 14.0. The molecule has 0 aromatic heterocycles. The van der Waals surface area contributed by atoms with E-state index in [0.29, 0.717) is 17.1 Å². The molecule has 1 nitrogen and oxygen atoms in total. The van der Waals surface area contributed by atoms with Gasteiger partial charge in [0.05, 0.1) is 0 Å². The summed E-state index contributed by atoms with van der Waals surface area (Å²) in [5.41, 5.74) is 1.80. The van der Waals surface area contributed by atoms with Crippen LogP contribution in [-0.4, -0.2) is 0 Å². The lowest BCUT2D eigenvalue weighted by Crippen LogP contribution is -2.18. The third-order valence-electron chi connectivity index (χ3n) is 2.97. The van der Waals surface area contributed by atoms with Crippen molar-refractivity contribution in [2.45, 2.75) is 19.5 Å². The van der Waals surface area contributed by atoms with Gasteiger partial charge in [-0.15, -0.1) is 0 Å². The first-order valence-electron chi connectivity index (χ1n) is 5.99. The number of rotatable bonds is 4. The van der Waals surface area contributed by atoms with Crippen molar-refractivity contribution in [2.24, 2.45) is 0 Å². The van der Waals surface area contributed by atoms with Crippen molar-refractivity contribution in [1.82, 2.24) is 5.32 Å². The van der Waals surface area contributed by atoms with Crippen LogP contribution < -0.4 is 5.32 Å². The van der Waals surface area contributed by atoms with Crippen molar-refractivity contribution in [3.8, 4) is 0 Å². The summed E-state index contributed by atoms with van der Waals surface area (Å²) in [4.78, 5) is 0. The molecule has 4 heteroatoms. The van der Waals surface area contributed by atoms with Crippen LogP contribution in [0.25, 0.3) is 0 Å². The monoisotopic (exact) mass is 281 g/mol. The standard InChI is InChI=1S/C15H14ClF2N/c1-10(12-3-5-13(16)6-4-12)19-9-11-2-7-14(17)15(18)8-11/h2-8,10,19H,9H2,1H3/t10-/m0/s1. The van der Waals surface area contributed by atoms with Crippen LogP contribution in [0.1, 0.15) is 24.1 Å². The lowest BCUT2D eigenvalue weighted by Gasteiger charge is -2.14. The quantitative estimate of drug-likeness (QED) is 0.872. The molecule has 1 atom stereocenters. The predicted octanol–water partition coefficient (Wildman–Crippen LogP) is 4.47. The van der Waals surface area contributed by atoms with E-state index in [1.807, 2.05) is 31.2 Å². The van der Waals surface area contributed by atoms with Crippen LogP contribution >= 0.6 is 11.6 Å². The fourth-order valence-corrected chi connectivity index (χ4v) is 1.92. The minimum atomic E-state index is -0.825. The lowest BCUT2D eigenvalue weighted by molar-refractivity contribution is 0.504. The summed E-state index contributed by atoms with van der Waals surface area (Å²) in [6, 6.07) is 11.5. The highest BCUT2D eigenvalue weighted by Crippen LogP contribution is 2.17. The van der Waals surface area contributed by atoms with Crippen molar-refractivity contribution in [1.29, 1.82) is 0 Å². The molecule has 19 heavy (non-hydrogen) atoms. The van der Waals surface area contributed by atoms with Gasteiger partial charge in [-0.3, -0.25) is 0 Å². The van der Waals surface area contributed by atoms with Gasteiger partial charge in [0.2, 0.25) is 0 Å². The minimum Gasteiger partial charge on any atom is -0.306 e. The zero-order valence-electron chi connectivity index (χ0n) is 10.5. The molecule has 0 spiro atoms. The Kier molecular flexibility index (Phi) is 4.51. The fraction of sp³-hybridized carbons (Fsp3) is 0.200.